The van der Waals surface area contributed by atoms with E-state index in [0.29, 0.717) is 25.2 Å². The highest BCUT2D eigenvalue weighted by Gasteiger charge is 2.32. The molecule has 3 rings (SSSR count). The number of hydrogen-bond acceptors (Lipinski definition) is 5. The van der Waals surface area contributed by atoms with Gasteiger partial charge in [-0.25, -0.2) is 4.98 Å². The molecule has 112 valence electrons. The first-order valence-electron chi connectivity index (χ1n) is 6.90. The van der Waals surface area contributed by atoms with Crippen LogP contribution in [0, 0.1) is 10.1 Å². The molecule has 8 heteroatoms. The molecule has 2 aliphatic heterocycles. The number of pyridine rings is 1. The molecule has 21 heavy (non-hydrogen) atoms. The molecule has 7 nitrogen and oxygen atoms in total. The summed E-state index contributed by atoms with van der Waals surface area (Å²) in [6.45, 7) is 1.24. The van der Waals surface area contributed by atoms with E-state index >= 15 is 0 Å². The van der Waals surface area contributed by atoms with Gasteiger partial charge in [-0.15, -0.1) is 0 Å². The number of hydrogen-bond donors (Lipinski definition) is 1. The summed E-state index contributed by atoms with van der Waals surface area (Å²) in [6, 6.07) is 1.97. The number of nitro groups is 1. The van der Waals surface area contributed by atoms with Crippen molar-refractivity contribution in [2.75, 3.05) is 13.1 Å². The zero-order valence-electron chi connectivity index (χ0n) is 11.3. The summed E-state index contributed by atoms with van der Waals surface area (Å²) >= 11 is 5.94. The van der Waals surface area contributed by atoms with E-state index in [4.69, 9.17) is 11.6 Å². The SMILES string of the molecule is O=C(c1cc([N+](=O)[O-])cnc1Cl)N1CCC2CCC(C1)N2. The van der Waals surface area contributed by atoms with E-state index < -0.39 is 4.92 Å². The van der Waals surface area contributed by atoms with Crippen LogP contribution >= 0.6 is 11.6 Å². The highest BCUT2D eigenvalue weighted by Crippen LogP contribution is 2.24. The van der Waals surface area contributed by atoms with Crippen molar-refractivity contribution >= 4 is 23.2 Å². The van der Waals surface area contributed by atoms with E-state index in [1.807, 2.05) is 0 Å². The van der Waals surface area contributed by atoms with Gasteiger partial charge in [0, 0.05) is 31.2 Å². The van der Waals surface area contributed by atoms with Gasteiger partial charge < -0.3 is 10.2 Å². The first-order valence-corrected chi connectivity index (χ1v) is 7.27. The zero-order valence-corrected chi connectivity index (χ0v) is 12.0. The molecular formula is C13H15ClN4O3. The van der Waals surface area contributed by atoms with Gasteiger partial charge in [-0.3, -0.25) is 14.9 Å². The number of aromatic nitrogens is 1. The Hall–Kier alpha value is -1.73. The van der Waals surface area contributed by atoms with Gasteiger partial charge in [-0.1, -0.05) is 11.6 Å². The third-order valence-electron chi connectivity index (χ3n) is 4.08. The summed E-state index contributed by atoms with van der Waals surface area (Å²) in [4.78, 5) is 28.3. The van der Waals surface area contributed by atoms with Gasteiger partial charge in [0.05, 0.1) is 10.5 Å². The van der Waals surface area contributed by atoms with Crippen LogP contribution in [0.1, 0.15) is 29.6 Å². The number of rotatable bonds is 2. The van der Waals surface area contributed by atoms with Crippen LogP contribution in [0.5, 0.6) is 0 Å². The molecule has 0 aliphatic carbocycles. The second kappa shape index (κ2) is 5.57. The highest BCUT2D eigenvalue weighted by molar-refractivity contribution is 6.32. The van der Waals surface area contributed by atoms with E-state index in [-0.39, 0.29) is 22.3 Å². The number of fused-ring (bicyclic) bond motifs is 2. The molecule has 1 amide bonds. The van der Waals surface area contributed by atoms with Crippen molar-refractivity contribution in [3.63, 3.8) is 0 Å². The maximum atomic E-state index is 12.6. The Balaban J connectivity index is 1.84. The van der Waals surface area contributed by atoms with Crippen molar-refractivity contribution in [1.29, 1.82) is 0 Å². The van der Waals surface area contributed by atoms with E-state index in [2.05, 4.69) is 10.3 Å². The first-order chi connectivity index (χ1) is 10.0. The van der Waals surface area contributed by atoms with Gasteiger partial charge in [-0.2, -0.15) is 0 Å². The minimum Gasteiger partial charge on any atom is -0.337 e. The van der Waals surface area contributed by atoms with Crippen LogP contribution in [-0.2, 0) is 0 Å². The molecule has 0 aromatic carbocycles. The van der Waals surface area contributed by atoms with Gasteiger partial charge in [-0.05, 0) is 19.3 Å². The Morgan fingerprint density at radius 1 is 1.43 bits per heavy atom. The van der Waals surface area contributed by atoms with Crippen LogP contribution in [0.4, 0.5) is 5.69 Å². The van der Waals surface area contributed by atoms with Crippen molar-refractivity contribution in [2.24, 2.45) is 0 Å². The lowest BCUT2D eigenvalue weighted by atomic mass is 10.1. The van der Waals surface area contributed by atoms with E-state index in [0.717, 1.165) is 25.5 Å². The molecule has 0 radical (unpaired) electrons. The third kappa shape index (κ3) is 2.84. The second-order valence-corrected chi connectivity index (χ2v) is 5.82. The predicted octanol–water partition coefficient (Wildman–Crippen LogP) is 1.61. The van der Waals surface area contributed by atoms with Crippen LogP contribution in [0.3, 0.4) is 0 Å². The lowest BCUT2D eigenvalue weighted by molar-refractivity contribution is -0.385. The summed E-state index contributed by atoms with van der Waals surface area (Å²) in [7, 11) is 0. The molecule has 2 fully saturated rings. The van der Waals surface area contributed by atoms with Gasteiger partial charge in [0.1, 0.15) is 11.3 Å². The normalized spacial score (nSPS) is 24.7. The molecule has 2 aliphatic rings. The lowest BCUT2D eigenvalue weighted by Crippen LogP contribution is -2.39. The predicted molar refractivity (Wildman–Crippen MR) is 76.4 cm³/mol. The second-order valence-electron chi connectivity index (χ2n) is 5.47. The van der Waals surface area contributed by atoms with Crippen LogP contribution in [0.2, 0.25) is 5.15 Å². The van der Waals surface area contributed by atoms with Gasteiger partial charge in [0.15, 0.2) is 0 Å². The molecule has 0 saturated carbocycles. The number of nitrogens with zero attached hydrogens (tertiary/aromatic N) is 3. The summed E-state index contributed by atoms with van der Waals surface area (Å²) in [5, 5.41) is 14.3. The summed E-state index contributed by atoms with van der Waals surface area (Å²) in [5.41, 5.74) is -0.124. The molecule has 2 atom stereocenters. The minimum atomic E-state index is -0.577. The zero-order chi connectivity index (χ0) is 15.0. The third-order valence-corrected chi connectivity index (χ3v) is 4.38. The minimum absolute atomic E-state index is 0.00738. The molecular weight excluding hydrogens is 296 g/mol. The van der Waals surface area contributed by atoms with Crippen molar-refractivity contribution < 1.29 is 9.72 Å². The van der Waals surface area contributed by atoms with Crippen molar-refractivity contribution in [1.82, 2.24) is 15.2 Å². The monoisotopic (exact) mass is 310 g/mol. The van der Waals surface area contributed by atoms with Gasteiger partial charge >= 0.3 is 0 Å². The fraction of sp³-hybridized carbons (Fsp3) is 0.538. The fourth-order valence-corrected chi connectivity index (χ4v) is 3.17. The number of halogens is 1. The number of likely N-dealkylation sites (tertiary alicyclic amines) is 1. The Labute approximate surface area is 126 Å². The quantitative estimate of drug-likeness (QED) is 0.509. The van der Waals surface area contributed by atoms with Crippen LogP contribution in [0.15, 0.2) is 12.3 Å². The van der Waals surface area contributed by atoms with Crippen molar-refractivity contribution in [2.45, 2.75) is 31.3 Å². The van der Waals surface area contributed by atoms with E-state index in [1.165, 1.54) is 6.07 Å². The molecule has 1 N–H and O–H groups in total. The largest absolute Gasteiger partial charge is 0.337 e. The standard InChI is InChI=1S/C13H15ClN4O3/c14-12-11(5-10(6-15-12)18(20)21)13(19)17-4-3-8-1-2-9(7-17)16-8/h5-6,8-9,16H,1-4,7H2. The Morgan fingerprint density at radius 3 is 2.95 bits per heavy atom. The maximum Gasteiger partial charge on any atom is 0.288 e. The molecule has 2 bridgehead atoms. The average molecular weight is 311 g/mol. The summed E-state index contributed by atoms with van der Waals surface area (Å²) in [6.07, 6.45) is 4.15. The summed E-state index contributed by atoms with van der Waals surface area (Å²) < 4.78 is 0. The summed E-state index contributed by atoms with van der Waals surface area (Å²) in [5.74, 6) is -0.287. The van der Waals surface area contributed by atoms with E-state index in [9.17, 15) is 14.9 Å². The van der Waals surface area contributed by atoms with Crippen molar-refractivity contribution in [3.05, 3.63) is 33.1 Å². The molecule has 0 spiro atoms. The highest BCUT2D eigenvalue weighted by atomic mass is 35.5. The smallest absolute Gasteiger partial charge is 0.288 e. The number of amides is 1. The average Bonchev–Trinajstić information content (AvgIpc) is 2.78. The lowest BCUT2D eigenvalue weighted by Gasteiger charge is -2.24. The van der Waals surface area contributed by atoms with Crippen molar-refractivity contribution in [3.8, 4) is 0 Å². The van der Waals surface area contributed by atoms with E-state index in [1.54, 1.807) is 4.90 Å². The Morgan fingerprint density at radius 2 is 2.19 bits per heavy atom. The number of carbonyl (C=O) groups is 1. The molecule has 3 heterocycles. The first kappa shape index (κ1) is 14.2. The van der Waals surface area contributed by atoms with Gasteiger partial charge in [0.25, 0.3) is 11.6 Å². The number of carbonyl (C=O) groups excluding carboxylic acids is 1. The van der Waals surface area contributed by atoms with Crippen LogP contribution in [-0.4, -0.2) is 45.9 Å². The number of nitrogens with one attached hydrogen (secondary N) is 1. The topological polar surface area (TPSA) is 88.4 Å². The molecule has 2 saturated heterocycles. The molecule has 2 unspecified atom stereocenters. The Kier molecular flexibility index (Phi) is 3.77. The van der Waals surface area contributed by atoms with Crippen LogP contribution in [0.25, 0.3) is 0 Å². The maximum absolute atomic E-state index is 12.6. The van der Waals surface area contributed by atoms with Gasteiger partial charge in [0.2, 0.25) is 0 Å². The molecule has 1 aromatic heterocycles. The fourth-order valence-electron chi connectivity index (χ4n) is 2.98. The Bertz CT molecular complexity index is 595. The van der Waals surface area contributed by atoms with Crippen LogP contribution < -0.4 is 5.32 Å². The molecule has 1 aromatic rings.